The fraction of sp³-hybridized carbons (Fsp3) is 0. The predicted octanol–water partition coefficient (Wildman–Crippen LogP) is 2.49. The minimum Gasteiger partial charge on any atom is -0.318 e. The number of hydrogen-bond donors (Lipinski definition) is 2. The van der Waals surface area contributed by atoms with E-state index in [2.05, 4.69) is 15.8 Å². The molecule has 2 rings (SSSR count). The lowest BCUT2D eigenvalue weighted by atomic mass is 10.3. The first kappa shape index (κ1) is 14.2. The topological polar surface area (TPSA) is 70.6 Å². The smallest absolute Gasteiger partial charge is 0.318 e. The van der Waals surface area contributed by atoms with Crippen LogP contribution in [0.2, 0.25) is 5.02 Å². The Kier molecular flexibility index (Phi) is 4.86. The van der Waals surface area contributed by atoms with Crippen LogP contribution in [0.15, 0.2) is 46.9 Å². The Bertz CT molecular complexity index is 641. The van der Waals surface area contributed by atoms with Gasteiger partial charge in [-0.2, -0.15) is 5.10 Å². The summed E-state index contributed by atoms with van der Waals surface area (Å²) in [4.78, 5) is 23.9. The molecule has 20 heavy (non-hydrogen) atoms. The van der Waals surface area contributed by atoms with Crippen molar-refractivity contribution in [3.63, 3.8) is 0 Å². The Hall–Kier alpha value is -2.18. The zero-order valence-electron chi connectivity index (χ0n) is 10.2. The van der Waals surface area contributed by atoms with Crippen LogP contribution in [-0.2, 0) is 9.59 Å². The van der Waals surface area contributed by atoms with Gasteiger partial charge in [0.05, 0.1) is 6.21 Å². The fourth-order valence-electron chi connectivity index (χ4n) is 1.32. The van der Waals surface area contributed by atoms with E-state index in [0.29, 0.717) is 10.7 Å². The number of halogens is 1. The summed E-state index contributed by atoms with van der Waals surface area (Å²) in [7, 11) is 0. The average Bonchev–Trinajstić information content (AvgIpc) is 2.91. The van der Waals surface area contributed by atoms with Crippen LogP contribution in [0.5, 0.6) is 0 Å². The highest BCUT2D eigenvalue weighted by Crippen LogP contribution is 2.14. The third-order valence-corrected chi connectivity index (χ3v) is 3.23. The van der Waals surface area contributed by atoms with Crippen molar-refractivity contribution in [1.82, 2.24) is 5.43 Å². The van der Waals surface area contributed by atoms with Crippen LogP contribution in [0, 0.1) is 0 Å². The predicted molar refractivity (Wildman–Crippen MR) is 80.1 cm³/mol. The summed E-state index contributed by atoms with van der Waals surface area (Å²) in [6.45, 7) is 0. The van der Waals surface area contributed by atoms with Crippen LogP contribution in [0.1, 0.15) is 4.88 Å². The van der Waals surface area contributed by atoms with Gasteiger partial charge in [-0.15, -0.1) is 11.3 Å². The van der Waals surface area contributed by atoms with Gasteiger partial charge < -0.3 is 5.32 Å². The first-order valence-electron chi connectivity index (χ1n) is 5.58. The molecule has 7 heteroatoms. The van der Waals surface area contributed by atoms with E-state index in [1.54, 1.807) is 24.3 Å². The first-order valence-corrected chi connectivity index (χ1v) is 6.84. The summed E-state index contributed by atoms with van der Waals surface area (Å²) in [5.74, 6) is -1.66. The minimum atomic E-state index is -0.849. The molecule has 2 amide bonds. The van der Waals surface area contributed by atoms with Gasteiger partial charge in [0.15, 0.2) is 0 Å². The molecule has 0 saturated heterocycles. The molecule has 1 aromatic carbocycles. The molecule has 1 aromatic heterocycles. The normalized spacial score (nSPS) is 10.4. The van der Waals surface area contributed by atoms with Gasteiger partial charge in [-0.3, -0.25) is 9.59 Å². The molecule has 0 unspecified atom stereocenters. The summed E-state index contributed by atoms with van der Waals surface area (Å²) >= 11 is 7.25. The molecule has 0 aliphatic heterocycles. The fourth-order valence-corrected chi connectivity index (χ4v) is 2.10. The lowest BCUT2D eigenvalue weighted by Gasteiger charge is -2.03. The van der Waals surface area contributed by atoms with Gasteiger partial charge in [-0.25, -0.2) is 5.43 Å². The highest BCUT2D eigenvalue weighted by molar-refractivity contribution is 7.11. The van der Waals surface area contributed by atoms with E-state index in [1.807, 2.05) is 17.5 Å². The number of hydrazone groups is 1. The minimum absolute atomic E-state index is 0.444. The highest BCUT2D eigenvalue weighted by atomic mass is 35.5. The van der Waals surface area contributed by atoms with Crippen molar-refractivity contribution in [2.24, 2.45) is 5.10 Å². The van der Waals surface area contributed by atoms with E-state index in [9.17, 15) is 9.59 Å². The number of benzene rings is 1. The molecule has 0 aliphatic carbocycles. The Balaban J connectivity index is 1.87. The van der Waals surface area contributed by atoms with E-state index in [1.165, 1.54) is 17.6 Å². The number of amides is 2. The zero-order chi connectivity index (χ0) is 14.4. The second-order valence-electron chi connectivity index (χ2n) is 3.68. The van der Waals surface area contributed by atoms with Crippen LogP contribution < -0.4 is 10.7 Å². The Labute approximate surface area is 124 Å². The largest absolute Gasteiger partial charge is 0.329 e. The van der Waals surface area contributed by atoms with Crippen LogP contribution in [-0.4, -0.2) is 18.0 Å². The van der Waals surface area contributed by atoms with Crippen molar-refractivity contribution >= 4 is 46.7 Å². The number of carbonyl (C=O) groups is 2. The molecular formula is C13H10ClN3O2S. The molecule has 2 aromatic rings. The van der Waals surface area contributed by atoms with Crippen molar-refractivity contribution in [3.8, 4) is 0 Å². The monoisotopic (exact) mass is 307 g/mol. The molecule has 0 bridgehead atoms. The maximum Gasteiger partial charge on any atom is 0.329 e. The summed E-state index contributed by atoms with van der Waals surface area (Å²) in [5, 5.41) is 8.47. The molecule has 0 fully saturated rings. The van der Waals surface area contributed by atoms with E-state index in [-0.39, 0.29) is 0 Å². The standard InChI is InChI=1S/C13H10ClN3O2S/c14-9-3-1-4-10(7-9)16-12(18)13(19)17-15-8-11-5-2-6-20-11/h1-8H,(H,16,18)(H,17,19)/b15-8-. The van der Waals surface area contributed by atoms with Gasteiger partial charge >= 0.3 is 11.8 Å². The molecule has 5 nitrogen and oxygen atoms in total. The maximum atomic E-state index is 11.6. The number of nitrogens with zero attached hydrogens (tertiary/aromatic N) is 1. The lowest BCUT2D eigenvalue weighted by molar-refractivity contribution is -0.136. The Morgan fingerprint density at radius 2 is 2.05 bits per heavy atom. The van der Waals surface area contributed by atoms with Gasteiger partial charge in [0, 0.05) is 15.6 Å². The van der Waals surface area contributed by atoms with Crippen LogP contribution in [0.25, 0.3) is 0 Å². The first-order chi connectivity index (χ1) is 9.65. The molecule has 0 radical (unpaired) electrons. The van der Waals surface area contributed by atoms with E-state index in [4.69, 9.17) is 11.6 Å². The summed E-state index contributed by atoms with van der Waals surface area (Å²) in [6.07, 6.45) is 1.47. The van der Waals surface area contributed by atoms with Crippen molar-refractivity contribution in [1.29, 1.82) is 0 Å². The highest BCUT2D eigenvalue weighted by Gasteiger charge is 2.12. The third kappa shape index (κ3) is 4.18. The van der Waals surface area contributed by atoms with E-state index < -0.39 is 11.8 Å². The van der Waals surface area contributed by atoms with E-state index >= 15 is 0 Å². The maximum absolute atomic E-state index is 11.6. The quantitative estimate of drug-likeness (QED) is 0.519. The van der Waals surface area contributed by atoms with Crippen LogP contribution >= 0.6 is 22.9 Å². The third-order valence-electron chi connectivity index (χ3n) is 2.19. The number of hydrogen-bond acceptors (Lipinski definition) is 4. The number of thiophene rings is 1. The summed E-state index contributed by atoms with van der Waals surface area (Å²) < 4.78 is 0. The Morgan fingerprint density at radius 1 is 1.20 bits per heavy atom. The van der Waals surface area contributed by atoms with Gasteiger partial charge in [0.2, 0.25) is 0 Å². The number of nitrogens with one attached hydrogen (secondary N) is 2. The molecule has 0 aliphatic rings. The van der Waals surface area contributed by atoms with E-state index in [0.717, 1.165) is 4.88 Å². The SMILES string of the molecule is O=C(N/N=C\c1cccs1)C(=O)Nc1cccc(Cl)c1. The van der Waals surface area contributed by atoms with Crippen molar-refractivity contribution in [3.05, 3.63) is 51.7 Å². The molecule has 0 saturated carbocycles. The number of anilines is 1. The molecule has 1 heterocycles. The molecule has 102 valence electrons. The second-order valence-corrected chi connectivity index (χ2v) is 5.09. The lowest BCUT2D eigenvalue weighted by Crippen LogP contribution is -2.32. The molecule has 0 atom stereocenters. The van der Waals surface area contributed by atoms with Crippen molar-refractivity contribution in [2.75, 3.05) is 5.32 Å². The van der Waals surface area contributed by atoms with Gasteiger partial charge in [0.1, 0.15) is 0 Å². The average molecular weight is 308 g/mol. The zero-order valence-corrected chi connectivity index (χ0v) is 11.7. The number of rotatable bonds is 3. The van der Waals surface area contributed by atoms with Crippen molar-refractivity contribution in [2.45, 2.75) is 0 Å². The molecule has 0 spiro atoms. The number of carbonyl (C=O) groups excluding carboxylic acids is 2. The van der Waals surface area contributed by atoms with Gasteiger partial charge in [-0.05, 0) is 29.6 Å². The van der Waals surface area contributed by atoms with Gasteiger partial charge in [0.25, 0.3) is 0 Å². The van der Waals surface area contributed by atoms with Crippen LogP contribution in [0.4, 0.5) is 5.69 Å². The van der Waals surface area contributed by atoms with Gasteiger partial charge in [-0.1, -0.05) is 23.7 Å². The Morgan fingerprint density at radius 3 is 2.75 bits per heavy atom. The molecular weight excluding hydrogens is 298 g/mol. The summed E-state index contributed by atoms with van der Waals surface area (Å²) in [6, 6.07) is 10.2. The second kappa shape index (κ2) is 6.83. The van der Waals surface area contributed by atoms with Crippen molar-refractivity contribution < 1.29 is 9.59 Å². The summed E-state index contributed by atoms with van der Waals surface area (Å²) in [5.41, 5.74) is 2.59. The molecule has 2 N–H and O–H groups in total. The van der Waals surface area contributed by atoms with Crippen LogP contribution in [0.3, 0.4) is 0 Å².